The molecule has 2 amide bonds. The summed E-state index contributed by atoms with van der Waals surface area (Å²) in [6.45, 7) is 7.97. The highest BCUT2D eigenvalue weighted by atomic mass is 16.5. The Morgan fingerprint density at radius 1 is 0.938 bits per heavy atom. The van der Waals surface area contributed by atoms with Gasteiger partial charge in [0, 0.05) is 71.1 Å². The van der Waals surface area contributed by atoms with Crippen LogP contribution in [-0.4, -0.2) is 117 Å². The van der Waals surface area contributed by atoms with E-state index in [0.717, 1.165) is 51.4 Å². The average molecular weight is 445 g/mol. The zero-order chi connectivity index (χ0) is 22.3. The molecular formula is C24H36N4O4. The Bertz CT molecular complexity index is 748. The smallest absolute Gasteiger partial charge is 0.236 e. The minimum absolute atomic E-state index is 0.00949. The maximum Gasteiger partial charge on any atom is 0.236 e. The van der Waals surface area contributed by atoms with Gasteiger partial charge >= 0.3 is 0 Å². The highest BCUT2D eigenvalue weighted by Crippen LogP contribution is 2.27. The molecule has 0 spiro atoms. The topological polar surface area (TPSA) is 65.6 Å². The van der Waals surface area contributed by atoms with Gasteiger partial charge in [-0.25, -0.2) is 0 Å². The van der Waals surface area contributed by atoms with E-state index in [4.69, 9.17) is 9.47 Å². The van der Waals surface area contributed by atoms with Crippen LogP contribution in [0, 0.1) is 5.92 Å². The van der Waals surface area contributed by atoms with Crippen molar-refractivity contribution < 1.29 is 19.1 Å². The average Bonchev–Trinajstić information content (AvgIpc) is 2.82. The molecular weight excluding hydrogens is 408 g/mol. The number of carbonyl (C=O) groups is 2. The van der Waals surface area contributed by atoms with Crippen LogP contribution in [0.1, 0.15) is 12.8 Å². The fourth-order valence-electron chi connectivity index (χ4n) is 4.72. The van der Waals surface area contributed by atoms with Gasteiger partial charge in [-0.05, 0) is 19.2 Å². The van der Waals surface area contributed by atoms with E-state index in [1.54, 1.807) is 0 Å². The summed E-state index contributed by atoms with van der Waals surface area (Å²) >= 11 is 0. The highest BCUT2D eigenvalue weighted by Gasteiger charge is 2.36. The molecule has 8 heteroatoms. The molecule has 4 rings (SSSR count). The third kappa shape index (κ3) is 6.21. The Labute approximate surface area is 191 Å². The first-order valence-electron chi connectivity index (χ1n) is 11.8. The van der Waals surface area contributed by atoms with Gasteiger partial charge in [-0.1, -0.05) is 18.2 Å². The van der Waals surface area contributed by atoms with Crippen LogP contribution >= 0.6 is 0 Å². The van der Waals surface area contributed by atoms with Gasteiger partial charge in [0.25, 0.3) is 0 Å². The number of para-hydroxylation sites is 1. The molecule has 2 atom stereocenters. The predicted molar refractivity (Wildman–Crippen MR) is 121 cm³/mol. The molecule has 3 aliphatic rings. The lowest BCUT2D eigenvalue weighted by molar-refractivity contribution is -0.141. The second kappa shape index (κ2) is 11.1. The van der Waals surface area contributed by atoms with Crippen LogP contribution in [0.15, 0.2) is 30.3 Å². The number of benzene rings is 1. The molecule has 8 nitrogen and oxygen atoms in total. The second-order valence-electron chi connectivity index (χ2n) is 9.13. The minimum atomic E-state index is -0.0683. The van der Waals surface area contributed by atoms with Gasteiger partial charge in [0.15, 0.2) is 0 Å². The van der Waals surface area contributed by atoms with Crippen molar-refractivity contribution in [1.29, 1.82) is 0 Å². The van der Waals surface area contributed by atoms with Gasteiger partial charge in [0.2, 0.25) is 11.8 Å². The van der Waals surface area contributed by atoms with E-state index >= 15 is 0 Å². The van der Waals surface area contributed by atoms with Gasteiger partial charge in [-0.2, -0.15) is 0 Å². The predicted octanol–water partition coefficient (Wildman–Crippen LogP) is 0.779. The van der Waals surface area contributed by atoms with Crippen molar-refractivity contribution in [2.75, 3.05) is 79.2 Å². The van der Waals surface area contributed by atoms with Crippen molar-refractivity contribution in [3.05, 3.63) is 30.3 Å². The van der Waals surface area contributed by atoms with E-state index in [2.05, 4.69) is 16.8 Å². The molecule has 3 saturated heterocycles. The van der Waals surface area contributed by atoms with Crippen molar-refractivity contribution >= 4 is 11.8 Å². The number of hydrogen-bond donors (Lipinski definition) is 0. The molecule has 0 aromatic heterocycles. The number of piperidine rings is 1. The fourth-order valence-corrected chi connectivity index (χ4v) is 4.72. The molecule has 3 fully saturated rings. The lowest BCUT2D eigenvalue weighted by atomic mass is 9.90. The second-order valence-corrected chi connectivity index (χ2v) is 9.13. The van der Waals surface area contributed by atoms with Gasteiger partial charge in [-0.15, -0.1) is 0 Å². The minimum Gasteiger partial charge on any atom is -0.490 e. The van der Waals surface area contributed by atoms with E-state index in [-0.39, 0.29) is 23.8 Å². The zero-order valence-corrected chi connectivity index (χ0v) is 19.2. The number of likely N-dealkylation sites (N-methyl/N-ethyl adjacent to an activating group) is 1. The summed E-state index contributed by atoms with van der Waals surface area (Å²) in [5.41, 5.74) is 0. The molecule has 0 N–H and O–H groups in total. The summed E-state index contributed by atoms with van der Waals surface area (Å²) in [5, 5.41) is 0. The van der Waals surface area contributed by atoms with Crippen LogP contribution in [0.3, 0.4) is 0 Å². The molecule has 3 aliphatic heterocycles. The quantitative estimate of drug-likeness (QED) is 0.646. The summed E-state index contributed by atoms with van der Waals surface area (Å²) < 4.78 is 11.7. The first kappa shape index (κ1) is 23.0. The molecule has 0 saturated carbocycles. The standard InChI is InChI=1S/C24H36N4O4/c1-25-9-11-27(12-10-25)23(29)17-20-18-28(24(30)19-26-13-15-31-16-14-26)8-7-22(20)32-21-5-3-2-4-6-21/h2-6,20,22H,7-19H2,1H3/t20-,22-/m0/s1. The van der Waals surface area contributed by atoms with Crippen molar-refractivity contribution in [3.8, 4) is 5.75 Å². The van der Waals surface area contributed by atoms with E-state index < -0.39 is 0 Å². The van der Waals surface area contributed by atoms with Crippen LogP contribution in [-0.2, 0) is 14.3 Å². The van der Waals surface area contributed by atoms with Crippen LogP contribution in [0.5, 0.6) is 5.75 Å². The monoisotopic (exact) mass is 444 g/mol. The molecule has 0 aliphatic carbocycles. The number of amides is 2. The number of morpholine rings is 1. The number of ether oxygens (including phenoxy) is 2. The Kier molecular flexibility index (Phi) is 8.00. The van der Waals surface area contributed by atoms with Crippen LogP contribution in [0.4, 0.5) is 0 Å². The summed E-state index contributed by atoms with van der Waals surface area (Å²) in [6, 6.07) is 9.79. The summed E-state index contributed by atoms with van der Waals surface area (Å²) in [6.07, 6.45) is 1.09. The van der Waals surface area contributed by atoms with Crippen molar-refractivity contribution in [2.45, 2.75) is 18.9 Å². The largest absolute Gasteiger partial charge is 0.490 e. The first-order chi connectivity index (χ1) is 15.6. The zero-order valence-electron chi connectivity index (χ0n) is 19.2. The van der Waals surface area contributed by atoms with E-state index in [1.165, 1.54) is 0 Å². The van der Waals surface area contributed by atoms with Gasteiger partial charge in [-0.3, -0.25) is 14.5 Å². The van der Waals surface area contributed by atoms with Crippen LogP contribution in [0.25, 0.3) is 0 Å². The summed E-state index contributed by atoms with van der Waals surface area (Å²) in [4.78, 5) is 34.4. The van der Waals surface area contributed by atoms with Crippen LogP contribution in [0.2, 0.25) is 0 Å². The molecule has 0 radical (unpaired) electrons. The number of piperazine rings is 1. The third-order valence-electron chi connectivity index (χ3n) is 6.80. The molecule has 176 valence electrons. The normalized spacial score (nSPS) is 25.5. The molecule has 3 heterocycles. The molecule has 32 heavy (non-hydrogen) atoms. The fraction of sp³-hybridized carbons (Fsp3) is 0.667. The summed E-state index contributed by atoms with van der Waals surface area (Å²) in [7, 11) is 2.09. The Balaban J connectivity index is 1.39. The van der Waals surface area contributed by atoms with Crippen molar-refractivity contribution in [2.24, 2.45) is 5.92 Å². The maximum atomic E-state index is 13.1. The summed E-state index contributed by atoms with van der Waals surface area (Å²) in [5.74, 6) is 1.13. The third-order valence-corrected chi connectivity index (χ3v) is 6.80. The maximum absolute atomic E-state index is 13.1. The van der Waals surface area contributed by atoms with Gasteiger partial charge in [0.05, 0.1) is 19.8 Å². The van der Waals surface area contributed by atoms with Crippen molar-refractivity contribution in [3.63, 3.8) is 0 Å². The Morgan fingerprint density at radius 3 is 2.38 bits per heavy atom. The van der Waals surface area contributed by atoms with Crippen molar-refractivity contribution in [1.82, 2.24) is 19.6 Å². The lowest BCUT2D eigenvalue weighted by Crippen LogP contribution is -2.53. The molecule has 0 unspecified atom stereocenters. The van der Waals surface area contributed by atoms with Gasteiger partial charge in [0.1, 0.15) is 11.9 Å². The SMILES string of the molecule is CN1CCN(C(=O)C[C@H]2CN(C(=O)CN3CCOCC3)CC[C@@H]2Oc2ccccc2)CC1. The number of nitrogens with zero attached hydrogens (tertiary/aromatic N) is 4. The molecule has 0 bridgehead atoms. The highest BCUT2D eigenvalue weighted by molar-refractivity contribution is 5.79. The molecule has 1 aromatic rings. The van der Waals surface area contributed by atoms with Gasteiger partial charge < -0.3 is 24.2 Å². The van der Waals surface area contributed by atoms with E-state index in [9.17, 15) is 9.59 Å². The molecule has 1 aromatic carbocycles. The number of carbonyl (C=O) groups excluding carboxylic acids is 2. The van der Waals surface area contributed by atoms with Crippen LogP contribution < -0.4 is 4.74 Å². The first-order valence-corrected chi connectivity index (χ1v) is 11.8. The van der Waals surface area contributed by atoms with E-state index in [0.29, 0.717) is 39.3 Å². The van der Waals surface area contributed by atoms with E-state index in [1.807, 2.05) is 40.1 Å². The number of hydrogen-bond acceptors (Lipinski definition) is 6. The Morgan fingerprint density at radius 2 is 1.66 bits per heavy atom. The number of rotatable bonds is 6. The lowest BCUT2D eigenvalue weighted by Gasteiger charge is -2.40. The number of likely N-dealkylation sites (tertiary alicyclic amines) is 1. The Hall–Kier alpha value is -2.16.